The molecule has 3 aliphatic rings. The summed E-state index contributed by atoms with van der Waals surface area (Å²) in [6.45, 7) is 3.86. The van der Waals surface area contributed by atoms with Gasteiger partial charge in [0.2, 0.25) is 11.8 Å². The van der Waals surface area contributed by atoms with E-state index >= 15 is 0 Å². The maximum absolute atomic E-state index is 13.9. The number of hydrogen-bond acceptors (Lipinski definition) is 3. The van der Waals surface area contributed by atoms with E-state index in [1.807, 2.05) is 50.2 Å². The van der Waals surface area contributed by atoms with E-state index in [4.69, 9.17) is 4.74 Å². The predicted octanol–water partition coefficient (Wildman–Crippen LogP) is 5.88. The zero-order chi connectivity index (χ0) is 25.6. The molecule has 1 saturated carbocycles. The highest BCUT2D eigenvalue weighted by molar-refractivity contribution is 6.01. The Hall–Kier alpha value is -3.03. The molecule has 36 heavy (non-hydrogen) atoms. The molecule has 0 spiro atoms. The molecule has 2 N–H and O–H groups in total. The topological polar surface area (TPSA) is 67.4 Å². The molecule has 2 heterocycles. The number of fused-ring (bicyclic) bond motifs is 2. The van der Waals surface area contributed by atoms with Gasteiger partial charge in [-0.1, -0.05) is 56.4 Å². The fourth-order valence-corrected chi connectivity index (χ4v) is 6.20. The van der Waals surface area contributed by atoms with Crippen LogP contribution in [0, 0.1) is 31.6 Å². The van der Waals surface area contributed by atoms with Crippen molar-refractivity contribution in [1.29, 1.82) is 0 Å². The Morgan fingerprint density at radius 3 is 2.53 bits per heavy atom. The Labute approximate surface area is 208 Å². The van der Waals surface area contributed by atoms with Gasteiger partial charge in [0.25, 0.3) is 0 Å². The molecule has 2 aromatic carbocycles. The van der Waals surface area contributed by atoms with Crippen molar-refractivity contribution in [2.24, 2.45) is 17.8 Å². The number of nitrogens with one attached hydrogen (secondary N) is 2. The number of benzene rings is 2. The zero-order valence-electron chi connectivity index (χ0n) is 20.5. The molecule has 2 amide bonds. The molecule has 8 heteroatoms. The van der Waals surface area contributed by atoms with Gasteiger partial charge in [0.1, 0.15) is 23.5 Å². The summed E-state index contributed by atoms with van der Waals surface area (Å²) in [5.41, 5.74) is 3.45. The van der Waals surface area contributed by atoms with Gasteiger partial charge in [-0.05, 0) is 55.4 Å². The molecule has 192 valence electrons. The van der Waals surface area contributed by atoms with Gasteiger partial charge in [-0.25, -0.2) is 0 Å². The average molecular weight is 501 g/mol. The first-order valence-corrected chi connectivity index (χ1v) is 12.7. The largest absolute Gasteiger partial charge is 0.457 e. The fourth-order valence-electron chi connectivity index (χ4n) is 6.20. The van der Waals surface area contributed by atoms with Gasteiger partial charge in [0.15, 0.2) is 0 Å². The summed E-state index contributed by atoms with van der Waals surface area (Å²) in [6.07, 6.45) is -0.487. The third kappa shape index (κ3) is 4.58. The van der Waals surface area contributed by atoms with Crippen LogP contribution in [0.4, 0.5) is 13.2 Å². The molecule has 0 bridgehead atoms. The highest BCUT2D eigenvalue weighted by Gasteiger charge is 2.53. The number of ether oxygens (including phenoxy) is 1. The van der Waals surface area contributed by atoms with E-state index in [0.29, 0.717) is 24.3 Å². The number of alkyl halides is 3. The lowest BCUT2D eigenvalue weighted by Gasteiger charge is -2.42. The number of carbonyl (C=O) groups excluding carboxylic acids is 2. The minimum absolute atomic E-state index is 0.100. The van der Waals surface area contributed by atoms with Gasteiger partial charge in [-0.2, -0.15) is 13.2 Å². The molecule has 1 aliphatic carbocycles. The Morgan fingerprint density at radius 2 is 1.81 bits per heavy atom. The van der Waals surface area contributed by atoms with Crippen LogP contribution >= 0.6 is 0 Å². The molecule has 0 radical (unpaired) electrons. The maximum Gasteiger partial charge on any atom is 0.408 e. The number of halogens is 3. The second kappa shape index (κ2) is 9.45. The van der Waals surface area contributed by atoms with E-state index in [9.17, 15) is 22.8 Å². The Morgan fingerprint density at radius 1 is 1.06 bits per heavy atom. The van der Waals surface area contributed by atoms with Crippen LogP contribution in [0.25, 0.3) is 0 Å². The molecule has 2 fully saturated rings. The zero-order valence-corrected chi connectivity index (χ0v) is 20.5. The summed E-state index contributed by atoms with van der Waals surface area (Å²) < 4.78 is 47.8. The van der Waals surface area contributed by atoms with Crippen LogP contribution in [0.3, 0.4) is 0 Å². The van der Waals surface area contributed by atoms with Gasteiger partial charge in [-0.3, -0.25) is 9.59 Å². The standard InChI is InChI=1S/C28H31F3N2O3/c1-15-11-12-18-22(13-15)36-21-10-6-7-16(2)23(21)24(18)32-26(34)20-14-19(17-8-4-3-5-9-17)25(28(29,30)31)33-27(20)35/h6-7,10-13,17,19-20,24-25H,3-5,8-9,14H2,1-2H3,(H,32,34)(H,33,35). The van der Waals surface area contributed by atoms with Crippen molar-refractivity contribution in [3.63, 3.8) is 0 Å². The van der Waals surface area contributed by atoms with Gasteiger partial charge >= 0.3 is 6.18 Å². The van der Waals surface area contributed by atoms with Crippen molar-refractivity contribution in [3.05, 3.63) is 58.7 Å². The average Bonchev–Trinajstić information content (AvgIpc) is 2.83. The lowest BCUT2D eigenvalue weighted by molar-refractivity contribution is -0.187. The smallest absolute Gasteiger partial charge is 0.408 e. The number of hydrogen-bond donors (Lipinski definition) is 2. The molecule has 2 aromatic rings. The van der Waals surface area contributed by atoms with Gasteiger partial charge < -0.3 is 15.4 Å². The second-order valence-corrected chi connectivity index (χ2v) is 10.4. The SMILES string of the molecule is Cc1ccc2c(c1)Oc1cccc(C)c1C2NC(=O)C1CC(C2CCCCC2)C(C(F)(F)F)NC1=O. The quantitative estimate of drug-likeness (QED) is 0.518. The molecule has 4 atom stereocenters. The fraction of sp³-hybridized carbons (Fsp3) is 0.500. The predicted molar refractivity (Wildman–Crippen MR) is 129 cm³/mol. The minimum atomic E-state index is -4.55. The summed E-state index contributed by atoms with van der Waals surface area (Å²) in [6, 6.07) is 8.83. The monoisotopic (exact) mass is 500 g/mol. The van der Waals surface area contributed by atoms with Crippen LogP contribution in [0.2, 0.25) is 0 Å². The van der Waals surface area contributed by atoms with Crippen molar-refractivity contribution < 1.29 is 27.5 Å². The highest BCUT2D eigenvalue weighted by Crippen LogP contribution is 2.46. The Kier molecular flexibility index (Phi) is 6.47. The third-order valence-electron chi connectivity index (χ3n) is 8.03. The molecule has 5 nitrogen and oxygen atoms in total. The summed E-state index contributed by atoms with van der Waals surface area (Å²) in [5, 5.41) is 5.19. The van der Waals surface area contributed by atoms with Gasteiger partial charge in [0, 0.05) is 11.1 Å². The van der Waals surface area contributed by atoms with Crippen LogP contribution in [0.15, 0.2) is 36.4 Å². The molecule has 5 rings (SSSR count). The van der Waals surface area contributed by atoms with Crippen LogP contribution in [-0.2, 0) is 9.59 Å². The van der Waals surface area contributed by atoms with Crippen molar-refractivity contribution in [2.75, 3.05) is 0 Å². The number of piperidine rings is 1. The van der Waals surface area contributed by atoms with Gasteiger partial charge in [-0.15, -0.1) is 0 Å². The first-order chi connectivity index (χ1) is 17.1. The molecule has 0 aromatic heterocycles. The number of amides is 2. The first-order valence-electron chi connectivity index (χ1n) is 12.7. The Balaban J connectivity index is 1.45. The van der Waals surface area contributed by atoms with Crippen LogP contribution in [0.1, 0.15) is 66.8 Å². The molecular weight excluding hydrogens is 469 g/mol. The number of aryl methyl sites for hydroxylation is 2. The molecule has 2 aliphatic heterocycles. The van der Waals surface area contributed by atoms with Crippen molar-refractivity contribution in [2.45, 2.75) is 70.6 Å². The molecule has 4 unspecified atom stereocenters. The molecule has 1 saturated heterocycles. The highest BCUT2D eigenvalue weighted by atomic mass is 19.4. The molecular formula is C28H31F3N2O3. The van der Waals surface area contributed by atoms with Crippen LogP contribution in [0.5, 0.6) is 11.5 Å². The van der Waals surface area contributed by atoms with E-state index in [2.05, 4.69) is 10.6 Å². The van der Waals surface area contributed by atoms with Gasteiger partial charge in [0.05, 0.1) is 6.04 Å². The van der Waals surface area contributed by atoms with Crippen LogP contribution < -0.4 is 15.4 Å². The van der Waals surface area contributed by atoms with Crippen molar-refractivity contribution in [1.82, 2.24) is 10.6 Å². The maximum atomic E-state index is 13.9. The van der Waals surface area contributed by atoms with E-state index in [1.165, 1.54) is 0 Å². The summed E-state index contributed by atoms with van der Waals surface area (Å²) in [5.74, 6) is -2.33. The lowest BCUT2D eigenvalue weighted by atomic mass is 9.70. The van der Waals surface area contributed by atoms with Crippen molar-refractivity contribution in [3.8, 4) is 11.5 Å². The van der Waals surface area contributed by atoms with E-state index < -0.39 is 41.9 Å². The van der Waals surface area contributed by atoms with Crippen molar-refractivity contribution >= 4 is 11.8 Å². The third-order valence-corrected chi connectivity index (χ3v) is 8.03. The van der Waals surface area contributed by atoms with E-state index in [0.717, 1.165) is 41.5 Å². The summed E-state index contributed by atoms with van der Waals surface area (Å²) in [4.78, 5) is 26.4. The first kappa shape index (κ1) is 24.7. The number of carbonyl (C=O) groups is 2. The minimum Gasteiger partial charge on any atom is -0.457 e. The lowest BCUT2D eigenvalue weighted by Crippen LogP contribution is -2.60. The second-order valence-electron chi connectivity index (χ2n) is 10.4. The summed E-state index contributed by atoms with van der Waals surface area (Å²) in [7, 11) is 0. The van der Waals surface area contributed by atoms with Crippen LogP contribution in [-0.4, -0.2) is 24.0 Å². The van der Waals surface area contributed by atoms with E-state index in [-0.39, 0.29) is 12.3 Å². The van der Waals surface area contributed by atoms with E-state index in [1.54, 1.807) is 0 Å². The number of rotatable bonds is 3. The summed E-state index contributed by atoms with van der Waals surface area (Å²) >= 11 is 0. The Bertz CT molecular complexity index is 1170. The normalized spacial score (nSPS) is 26.3.